The number of hydrogen-bond donors (Lipinski definition) is 1. The van der Waals surface area contributed by atoms with Crippen molar-refractivity contribution in [2.45, 2.75) is 38.8 Å². The Kier molecular flexibility index (Phi) is 4.63. The molecule has 4 heteroatoms. The highest BCUT2D eigenvalue weighted by atomic mass is 16.4. The van der Waals surface area contributed by atoms with E-state index < -0.39 is 11.5 Å². The highest BCUT2D eigenvalue weighted by molar-refractivity contribution is 5.78. The van der Waals surface area contributed by atoms with Crippen LogP contribution in [0.15, 0.2) is 24.4 Å². The Hall–Kier alpha value is -1.42. The number of aromatic nitrogens is 1. The van der Waals surface area contributed by atoms with Gasteiger partial charge in [0.25, 0.3) is 0 Å². The molecule has 1 unspecified atom stereocenters. The summed E-state index contributed by atoms with van der Waals surface area (Å²) < 4.78 is 0. The summed E-state index contributed by atoms with van der Waals surface area (Å²) in [6, 6.07) is 5.67. The molecule has 0 saturated heterocycles. The maximum atomic E-state index is 11.4. The molecule has 1 aromatic rings. The zero-order valence-electron chi connectivity index (χ0n) is 10.7. The normalized spacial score (nSPS) is 14.6. The number of pyridine rings is 1. The van der Waals surface area contributed by atoms with E-state index in [1.165, 1.54) is 0 Å². The molecule has 94 valence electrons. The molecule has 0 fully saturated rings. The Morgan fingerprint density at radius 3 is 2.71 bits per heavy atom. The van der Waals surface area contributed by atoms with Crippen LogP contribution >= 0.6 is 0 Å². The van der Waals surface area contributed by atoms with Gasteiger partial charge in [0.05, 0.1) is 5.69 Å². The minimum atomic E-state index is -0.827. The molecule has 1 atom stereocenters. The lowest BCUT2D eigenvalue weighted by atomic mass is 9.94. The first-order chi connectivity index (χ1) is 8.00. The van der Waals surface area contributed by atoms with Crippen molar-refractivity contribution in [3.63, 3.8) is 0 Å². The fourth-order valence-electron chi connectivity index (χ4n) is 1.86. The number of carboxylic acids is 1. The summed E-state index contributed by atoms with van der Waals surface area (Å²) in [5.41, 5.74) is 0.0605. The largest absolute Gasteiger partial charge is 0.480 e. The number of carbonyl (C=O) groups is 1. The van der Waals surface area contributed by atoms with Crippen LogP contribution < -0.4 is 0 Å². The van der Waals surface area contributed by atoms with E-state index in [-0.39, 0.29) is 0 Å². The molecular weight excluding hydrogens is 216 g/mol. The van der Waals surface area contributed by atoms with Crippen molar-refractivity contribution in [3.8, 4) is 0 Å². The highest BCUT2D eigenvalue weighted by Gasteiger charge is 2.36. The number of rotatable bonds is 6. The molecule has 17 heavy (non-hydrogen) atoms. The smallest absolute Gasteiger partial charge is 0.323 e. The second-order valence-electron chi connectivity index (χ2n) is 4.51. The van der Waals surface area contributed by atoms with Crippen LogP contribution in [0.5, 0.6) is 0 Å². The van der Waals surface area contributed by atoms with Crippen LogP contribution in [0.4, 0.5) is 0 Å². The van der Waals surface area contributed by atoms with Crippen LogP contribution in [0.3, 0.4) is 0 Å². The first kappa shape index (κ1) is 13.6. The van der Waals surface area contributed by atoms with E-state index in [1.54, 1.807) is 13.1 Å². The molecule has 1 heterocycles. The predicted molar refractivity (Wildman–Crippen MR) is 66.7 cm³/mol. The van der Waals surface area contributed by atoms with Gasteiger partial charge in [0.1, 0.15) is 5.54 Å². The maximum absolute atomic E-state index is 11.4. The summed E-state index contributed by atoms with van der Waals surface area (Å²) >= 11 is 0. The van der Waals surface area contributed by atoms with Gasteiger partial charge in [-0.05, 0) is 32.5 Å². The minimum Gasteiger partial charge on any atom is -0.480 e. The molecule has 1 rings (SSSR count). The molecule has 0 aromatic carbocycles. The second kappa shape index (κ2) is 5.77. The van der Waals surface area contributed by atoms with E-state index in [2.05, 4.69) is 4.98 Å². The van der Waals surface area contributed by atoms with E-state index in [1.807, 2.05) is 37.1 Å². The maximum Gasteiger partial charge on any atom is 0.323 e. The summed E-state index contributed by atoms with van der Waals surface area (Å²) in [5.74, 6) is -0.780. The predicted octanol–water partition coefficient (Wildman–Crippen LogP) is 2.16. The third-order valence-corrected chi connectivity index (χ3v) is 3.17. The van der Waals surface area contributed by atoms with Crippen molar-refractivity contribution in [1.29, 1.82) is 0 Å². The Bertz CT molecular complexity index is 367. The van der Waals surface area contributed by atoms with Crippen molar-refractivity contribution >= 4 is 5.97 Å². The Labute approximate surface area is 102 Å². The van der Waals surface area contributed by atoms with E-state index in [9.17, 15) is 9.90 Å². The molecule has 0 radical (unpaired) electrons. The second-order valence-corrected chi connectivity index (χ2v) is 4.51. The molecule has 0 saturated carbocycles. The monoisotopic (exact) mass is 236 g/mol. The van der Waals surface area contributed by atoms with E-state index in [0.717, 1.165) is 12.1 Å². The van der Waals surface area contributed by atoms with Crippen molar-refractivity contribution in [3.05, 3.63) is 30.1 Å². The van der Waals surface area contributed by atoms with Gasteiger partial charge in [0, 0.05) is 12.7 Å². The molecule has 1 N–H and O–H groups in total. The standard InChI is InChI=1S/C13H20N2O2/c1-4-8-13(2,12(16)17)15(3)10-11-7-5-6-9-14-11/h5-7,9H,4,8,10H2,1-3H3,(H,16,17). The fourth-order valence-corrected chi connectivity index (χ4v) is 1.86. The Morgan fingerprint density at radius 1 is 1.53 bits per heavy atom. The van der Waals surface area contributed by atoms with Crippen molar-refractivity contribution < 1.29 is 9.90 Å². The van der Waals surface area contributed by atoms with Gasteiger partial charge in [-0.25, -0.2) is 0 Å². The fraction of sp³-hybridized carbons (Fsp3) is 0.538. The Morgan fingerprint density at radius 2 is 2.24 bits per heavy atom. The number of hydrogen-bond acceptors (Lipinski definition) is 3. The summed E-state index contributed by atoms with van der Waals surface area (Å²) in [6.45, 7) is 4.31. The van der Waals surface area contributed by atoms with Gasteiger partial charge in [-0.15, -0.1) is 0 Å². The topological polar surface area (TPSA) is 53.4 Å². The molecule has 0 amide bonds. The van der Waals surface area contributed by atoms with Crippen molar-refractivity contribution in [1.82, 2.24) is 9.88 Å². The van der Waals surface area contributed by atoms with Gasteiger partial charge >= 0.3 is 5.97 Å². The van der Waals surface area contributed by atoms with Crippen LogP contribution in [-0.4, -0.2) is 33.5 Å². The van der Waals surface area contributed by atoms with Gasteiger partial charge in [-0.3, -0.25) is 14.7 Å². The lowest BCUT2D eigenvalue weighted by molar-refractivity contribution is -0.150. The average Bonchev–Trinajstić information content (AvgIpc) is 2.30. The van der Waals surface area contributed by atoms with Crippen LogP contribution in [-0.2, 0) is 11.3 Å². The van der Waals surface area contributed by atoms with Crippen LogP contribution in [0.25, 0.3) is 0 Å². The van der Waals surface area contributed by atoms with Gasteiger partial charge in [0.15, 0.2) is 0 Å². The zero-order chi connectivity index (χ0) is 12.9. The summed E-state index contributed by atoms with van der Waals surface area (Å²) in [7, 11) is 1.83. The molecule has 4 nitrogen and oxygen atoms in total. The van der Waals surface area contributed by atoms with Crippen molar-refractivity contribution in [2.24, 2.45) is 0 Å². The zero-order valence-corrected chi connectivity index (χ0v) is 10.7. The van der Waals surface area contributed by atoms with E-state index >= 15 is 0 Å². The first-order valence-corrected chi connectivity index (χ1v) is 5.85. The lowest BCUT2D eigenvalue weighted by Gasteiger charge is -2.34. The molecular formula is C13H20N2O2. The molecule has 0 aliphatic carbocycles. The third kappa shape index (κ3) is 3.27. The number of likely N-dealkylation sites (N-methyl/N-ethyl adjacent to an activating group) is 1. The lowest BCUT2D eigenvalue weighted by Crippen LogP contribution is -2.50. The molecule has 0 aliphatic heterocycles. The van der Waals surface area contributed by atoms with E-state index in [0.29, 0.717) is 13.0 Å². The molecule has 0 bridgehead atoms. The van der Waals surface area contributed by atoms with Gasteiger partial charge in [-0.2, -0.15) is 0 Å². The highest BCUT2D eigenvalue weighted by Crippen LogP contribution is 2.21. The minimum absolute atomic E-state index is 0.545. The average molecular weight is 236 g/mol. The number of carboxylic acid groups (broad SMARTS) is 1. The number of nitrogens with zero attached hydrogens (tertiary/aromatic N) is 2. The molecule has 1 aromatic heterocycles. The van der Waals surface area contributed by atoms with Crippen molar-refractivity contribution in [2.75, 3.05) is 7.05 Å². The molecule has 0 spiro atoms. The van der Waals surface area contributed by atoms with Gasteiger partial charge in [-0.1, -0.05) is 19.4 Å². The summed E-state index contributed by atoms with van der Waals surface area (Å²) in [4.78, 5) is 17.4. The van der Waals surface area contributed by atoms with Gasteiger partial charge < -0.3 is 5.11 Å². The summed E-state index contributed by atoms with van der Waals surface area (Å²) in [5, 5.41) is 9.35. The van der Waals surface area contributed by atoms with Gasteiger partial charge in [0.2, 0.25) is 0 Å². The van der Waals surface area contributed by atoms with Crippen LogP contribution in [0.2, 0.25) is 0 Å². The SMILES string of the molecule is CCCC(C)(C(=O)O)N(C)Cc1ccccn1. The summed E-state index contributed by atoms with van der Waals surface area (Å²) in [6.07, 6.45) is 3.20. The van der Waals surface area contributed by atoms with Crippen LogP contribution in [0.1, 0.15) is 32.4 Å². The quantitative estimate of drug-likeness (QED) is 0.822. The number of aliphatic carboxylic acids is 1. The Balaban J connectivity index is 2.79. The molecule has 0 aliphatic rings. The van der Waals surface area contributed by atoms with E-state index in [4.69, 9.17) is 0 Å². The third-order valence-electron chi connectivity index (χ3n) is 3.17. The van der Waals surface area contributed by atoms with Crippen LogP contribution in [0, 0.1) is 0 Å². The first-order valence-electron chi connectivity index (χ1n) is 5.85.